The third-order valence-electron chi connectivity index (χ3n) is 3.27. The van der Waals surface area contributed by atoms with Crippen molar-refractivity contribution in [2.75, 3.05) is 5.32 Å². The first-order chi connectivity index (χ1) is 7.41. The first-order valence-electron chi connectivity index (χ1n) is 5.13. The van der Waals surface area contributed by atoms with Crippen LogP contribution in [0.15, 0.2) is 16.7 Å². The lowest BCUT2D eigenvalue weighted by molar-refractivity contribution is 0.167. The summed E-state index contributed by atoms with van der Waals surface area (Å²) in [5, 5.41) is 3.25. The Morgan fingerprint density at radius 1 is 1.62 bits per heavy atom. The number of nitrogens with zero attached hydrogens (tertiary/aromatic N) is 1. The Morgan fingerprint density at radius 2 is 2.31 bits per heavy atom. The Labute approximate surface area is 108 Å². The zero-order chi connectivity index (χ0) is 11.9. The van der Waals surface area contributed by atoms with Crippen LogP contribution in [0, 0.1) is 11.2 Å². The van der Waals surface area contributed by atoms with E-state index in [0.717, 1.165) is 6.42 Å². The zero-order valence-electron chi connectivity index (χ0n) is 9.10. The molecule has 2 nitrogen and oxygen atoms in total. The summed E-state index contributed by atoms with van der Waals surface area (Å²) in [6.45, 7) is 4.14. The van der Waals surface area contributed by atoms with Gasteiger partial charge in [0, 0.05) is 27.5 Å². The van der Waals surface area contributed by atoms with Crippen molar-refractivity contribution in [3.63, 3.8) is 0 Å². The molecular formula is C11H13BrClFN2. The van der Waals surface area contributed by atoms with Gasteiger partial charge < -0.3 is 5.32 Å². The summed E-state index contributed by atoms with van der Waals surface area (Å²) in [6.07, 6.45) is 2.42. The lowest BCUT2D eigenvalue weighted by atomic mass is 9.67. The SMILES string of the molecule is CC1(C)C(Cl)CC1Nc1ncc(Br)cc1F. The van der Waals surface area contributed by atoms with Gasteiger partial charge in [-0.15, -0.1) is 11.6 Å². The first-order valence-corrected chi connectivity index (χ1v) is 6.36. The number of alkyl halides is 1. The molecule has 1 aliphatic rings. The van der Waals surface area contributed by atoms with E-state index in [9.17, 15) is 4.39 Å². The summed E-state index contributed by atoms with van der Waals surface area (Å²) in [4.78, 5) is 4.01. The van der Waals surface area contributed by atoms with Crippen LogP contribution in [0.1, 0.15) is 20.3 Å². The third-order valence-corrected chi connectivity index (χ3v) is 4.44. The number of anilines is 1. The maximum absolute atomic E-state index is 13.5. The van der Waals surface area contributed by atoms with E-state index in [0.29, 0.717) is 10.3 Å². The van der Waals surface area contributed by atoms with Crippen LogP contribution in [0.5, 0.6) is 0 Å². The Morgan fingerprint density at radius 3 is 2.81 bits per heavy atom. The highest BCUT2D eigenvalue weighted by Gasteiger charge is 2.47. The van der Waals surface area contributed by atoms with E-state index in [4.69, 9.17) is 11.6 Å². The lowest BCUT2D eigenvalue weighted by Gasteiger charge is -2.49. The predicted molar refractivity (Wildman–Crippen MR) is 67.3 cm³/mol. The average Bonchev–Trinajstić information content (AvgIpc) is 2.21. The summed E-state index contributed by atoms with van der Waals surface area (Å²) >= 11 is 9.28. The van der Waals surface area contributed by atoms with Crippen molar-refractivity contribution in [3.8, 4) is 0 Å². The van der Waals surface area contributed by atoms with Gasteiger partial charge >= 0.3 is 0 Å². The Kier molecular flexibility index (Phi) is 3.14. The average molecular weight is 308 g/mol. The largest absolute Gasteiger partial charge is 0.364 e. The molecule has 0 saturated heterocycles. The fourth-order valence-electron chi connectivity index (χ4n) is 1.80. The molecule has 16 heavy (non-hydrogen) atoms. The van der Waals surface area contributed by atoms with Crippen LogP contribution < -0.4 is 5.32 Å². The number of pyridine rings is 1. The summed E-state index contributed by atoms with van der Waals surface area (Å²) in [6, 6.07) is 1.58. The normalized spacial score (nSPS) is 27.3. The van der Waals surface area contributed by atoms with Crippen LogP contribution in [0.4, 0.5) is 10.2 Å². The molecule has 1 N–H and O–H groups in total. The smallest absolute Gasteiger partial charge is 0.166 e. The van der Waals surface area contributed by atoms with E-state index in [2.05, 4.69) is 40.1 Å². The molecule has 1 aromatic heterocycles. The zero-order valence-corrected chi connectivity index (χ0v) is 11.4. The quantitative estimate of drug-likeness (QED) is 0.841. The highest BCUT2D eigenvalue weighted by molar-refractivity contribution is 9.10. The molecule has 2 rings (SSSR count). The molecule has 1 heterocycles. The van der Waals surface area contributed by atoms with Crippen molar-refractivity contribution in [1.29, 1.82) is 0 Å². The number of nitrogens with one attached hydrogen (secondary N) is 1. The summed E-state index contributed by atoms with van der Waals surface area (Å²) in [5.74, 6) is -0.0481. The number of aromatic nitrogens is 1. The molecule has 2 unspecified atom stereocenters. The highest BCUT2D eigenvalue weighted by Crippen LogP contribution is 2.45. The van der Waals surface area contributed by atoms with Crippen LogP contribution in [0.2, 0.25) is 0 Å². The van der Waals surface area contributed by atoms with Crippen LogP contribution in [-0.4, -0.2) is 16.4 Å². The van der Waals surface area contributed by atoms with E-state index in [1.165, 1.54) is 6.07 Å². The minimum Gasteiger partial charge on any atom is -0.364 e. The molecule has 2 atom stereocenters. The fraction of sp³-hybridized carbons (Fsp3) is 0.545. The van der Waals surface area contributed by atoms with Gasteiger partial charge in [0.05, 0.1) is 0 Å². The maximum Gasteiger partial charge on any atom is 0.166 e. The third kappa shape index (κ3) is 2.05. The van der Waals surface area contributed by atoms with E-state index >= 15 is 0 Å². The highest BCUT2D eigenvalue weighted by atomic mass is 79.9. The summed E-state index contributed by atoms with van der Waals surface area (Å²) in [5.41, 5.74) is -0.0251. The topological polar surface area (TPSA) is 24.9 Å². The Balaban J connectivity index is 2.11. The second-order valence-electron chi connectivity index (χ2n) is 4.71. The van der Waals surface area contributed by atoms with E-state index in [1.807, 2.05) is 0 Å². The molecule has 88 valence electrons. The second-order valence-corrected chi connectivity index (χ2v) is 6.15. The second kappa shape index (κ2) is 4.15. The summed E-state index contributed by atoms with van der Waals surface area (Å²) in [7, 11) is 0. The maximum atomic E-state index is 13.5. The van der Waals surface area contributed by atoms with E-state index in [-0.39, 0.29) is 22.7 Å². The Hall–Kier alpha value is -0.350. The van der Waals surface area contributed by atoms with Gasteiger partial charge in [0.15, 0.2) is 11.6 Å². The van der Waals surface area contributed by atoms with Crippen LogP contribution in [-0.2, 0) is 0 Å². The van der Waals surface area contributed by atoms with E-state index < -0.39 is 0 Å². The number of halogens is 3. The van der Waals surface area contributed by atoms with Crippen LogP contribution in [0.25, 0.3) is 0 Å². The first kappa shape index (κ1) is 12.1. The minimum atomic E-state index is -0.344. The van der Waals surface area contributed by atoms with Gasteiger partial charge in [-0.25, -0.2) is 9.37 Å². The van der Waals surface area contributed by atoms with Gasteiger partial charge in [0.2, 0.25) is 0 Å². The Bertz CT molecular complexity index is 411. The van der Waals surface area contributed by atoms with Crippen molar-refractivity contribution in [2.45, 2.75) is 31.7 Å². The molecule has 1 saturated carbocycles. The molecule has 1 aromatic rings. The predicted octanol–water partition coefficient (Wildman–Crippen LogP) is 3.80. The van der Waals surface area contributed by atoms with Crippen molar-refractivity contribution in [2.24, 2.45) is 5.41 Å². The molecular weight excluding hydrogens is 294 g/mol. The molecule has 0 aromatic carbocycles. The molecule has 1 aliphatic carbocycles. The molecule has 0 radical (unpaired) electrons. The van der Waals surface area contributed by atoms with Crippen LogP contribution >= 0.6 is 27.5 Å². The molecule has 1 fully saturated rings. The van der Waals surface area contributed by atoms with Gasteiger partial charge in [0.1, 0.15) is 0 Å². The van der Waals surface area contributed by atoms with Gasteiger partial charge in [-0.3, -0.25) is 0 Å². The van der Waals surface area contributed by atoms with Crippen molar-refractivity contribution in [1.82, 2.24) is 4.98 Å². The molecule has 5 heteroatoms. The standard InChI is InChI=1S/C11H13BrClFN2/c1-11(2)8(13)4-9(11)16-10-7(14)3-6(12)5-15-10/h3,5,8-9H,4H2,1-2H3,(H,15,16). The number of rotatable bonds is 2. The molecule has 0 aliphatic heterocycles. The molecule has 0 bridgehead atoms. The fourth-order valence-corrected chi connectivity index (χ4v) is 2.44. The number of hydrogen-bond acceptors (Lipinski definition) is 2. The van der Waals surface area contributed by atoms with Crippen LogP contribution in [0.3, 0.4) is 0 Å². The molecule has 0 amide bonds. The van der Waals surface area contributed by atoms with Gasteiger partial charge in [-0.2, -0.15) is 0 Å². The van der Waals surface area contributed by atoms with Crippen molar-refractivity contribution in [3.05, 3.63) is 22.6 Å². The van der Waals surface area contributed by atoms with Crippen molar-refractivity contribution >= 4 is 33.3 Å². The van der Waals surface area contributed by atoms with Gasteiger partial charge in [-0.1, -0.05) is 13.8 Å². The van der Waals surface area contributed by atoms with Crippen molar-refractivity contribution < 1.29 is 4.39 Å². The van der Waals surface area contributed by atoms with E-state index in [1.54, 1.807) is 6.20 Å². The summed E-state index contributed by atoms with van der Waals surface area (Å²) < 4.78 is 14.2. The minimum absolute atomic E-state index is 0.0251. The van der Waals surface area contributed by atoms with Gasteiger partial charge in [-0.05, 0) is 28.4 Å². The van der Waals surface area contributed by atoms with Gasteiger partial charge in [0.25, 0.3) is 0 Å². The molecule has 0 spiro atoms. The monoisotopic (exact) mass is 306 g/mol. The number of hydrogen-bond donors (Lipinski definition) is 1. The lowest BCUT2D eigenvalue weighted by Crippen LogP contribution is -2.54.